The van der Waals surface area contributed by atoms with Crippen molar-refractivity contribution in [3.05, 3.63) is 29.6 Å². The number of halogens is 2. The van der Waals surface area contributed by atoms with Gasteiger partial charge in [0.1, 0.15) is 5.82 Å². The van der Waals surface area contributed by atoms with Gasteiger partial charge in [-0.05, 0) is 18.2 Å². The van der Waals surface area contributed by atoms with Crippen molar-refractivity contribution in [2.75, 3.05) is 11.1 Å². The van der Waals surface area contributed by atoms with Crippen LogP contribution in [0.4, 0.5) is 10.1 Å². The van der Waals surface area contributed by atoms with E-state index in [4.69, 9.17) is 5.73 Å². The average molecular weight is 246 g/mol. The third-order valence-electron chi connectivity index (χ3n) is 1.64. The quantitative estimate of drug-likeness (QED) is 0.505. The maximum Gasteiger partial charge on any atom is 0.165 e. The molecule has 1 rings (SSSR count). The van der Waals surface area contributed by atoms with Crippen LogP contribution in [0.15, 0.2) is 18.2 Å². The third-order valence-corrected chi connectivity index (χ3v) is 2.03. The van der Waals surface area contributed by atoms with Gasteiger partial charge >= 0.3 is 0 Å². The van der Waals surface area contributed by atoms with Gasteiger partial charge < -0.3 is 5.73 Å². The molecule has 2 N–H and O–H groups in total. The number of hydrogen-bond acceptors (Lipinski definition) is 2. The molecule has 0 saturated heterocycles. The Kier molecular flexibility index (Phi) is 3.42. The molecule has 0 spiro atoms. The van der Waals surface area contributed by atoms with Crippen molar-refractivity contribution < 1.29 is 9.18 Å². The molecule has 0 saturated carbocycles. The number of carbonyl (C=O) groups excluding carboxylic acids is 1. The van der Waals surface area contributed by atoms with Crippen LogP contribution in [0.25, 0.3) is 0 Å². The molecule has 0 atom stereocenters. The van der Waals surface area contributed by atoms with Crippen LogP contribution in [0.1, 0.15) is 16.8 Å². The highest BCUT2D eigenvalue weighted by Gasteiger charge is 2.09. The highest BCUT2D eigenvalue weighted by molar-refractivity contribution is 9.09. The summed E-state index contributed by atoms with van der Waals surface area (Å²) in [5.74, 6) is -0.582. The Morgan fingerprint density at radius 3 is 2.85 bits per heavy atom. The Balaban J connectivity index is 2.99. The van der Waals surface area contributed by atoms with Crippen LogP contribution in [-0.4, -0.2) is 11.1 Å². The van der Waals surface area contributed by atoms with Gasteiger partial charge in [-0.1, -0.05) is 15.9 Å². The van der Waals surface area contributed by atoms with E-state index in [9.17, 15) is 9.18 Å². The largest absolute Gasteiger partial charge is 0.398 e. The highest BCUT2D eigenvalue weighted by Crippen LogP contribution is 2.15. The van der Waals surface area contributed by atoms with E-state index in [1.54, 1.807) is 0 Å². The Morgan fingerprint density at radius 2 is 2.23 bits per heavy atom. The molecule has 0 fully saturated rings. The molecule has 0 aromatic heterocycles. The molecule has 0 aliphatic carbocycles. The van der Waals surface area contributed by atoms with E-state index < -0.39 is 5.82 Å². The lowest BCUT2D eigenvalue weighted by Gasteiger charge is -2.02. The maximum atomic E-state index is 12.7. The number of ketones is 1. The van der Waals surface area contributed by atoms with Crippen LogP contribution in [0.5, 0.6) is 0 Å². The van der Waals surface area contributed by atoms with Crippen molar-refractivity contribution in [1.82, 2.24) is 0 Å². The average Bonchev–Trinajstić information content (AvgIpc) is 2.09. The van der Waals surface area contributed by atoms with Crippen LogP contribution in [0.3, 0.4) is 0 Å². The second-order valence-corrected chi connectivity index (χ2v) is 3.39. The van der Waals surface area contributed by atoms with Gasteiger partial charge in [-0.3, -0.25) is 4.79 Å². The molecule has 2 nitrogen and oxygen atoms in total. The van der Waals surface area contributed by atoms with Crippen molar-refractivity contribution in [3.63, 3.8) is 0 Å². The zero-order valence-electron chi connectivity index (χ0n) is 6.89. The number of alkyl halides is 1. The minimum atomic E-state index is -0.438. The first-order valence-electron chi connectivity index (χ1n) is 3.79. The monoisotopic (exact) mass is 245 g/mol. The Hall–Kier alpha value is -0.900. The van der Waals surface area contributed by atoms with Gasteiger partial charge in [0, 0.05) is 23.0 Å². The topological polar surface area (TPSA) is 43.1 Å². The minimum absolute atomic E-state index is 0.145. The smallest absolute Gasteiger partial charge is 0.165 e. The molecular weight excluding hydrogens is 237 g/mol. The summed E-state index contributed by atoms with van der Waals surface area (Å²) in [6.07, 6.45) is 0.327. The number of benzene rings is 1. The second-order valence-electron chi connectivity index (χ2n) is 2.59. The molecule has 0 aliphatic heterocycles. The summed E-state index contributed by atoms with van der Waals surface area (Å²) in [6.45, 7) is 0. The van der Waals surface area contributed by atoms with Gasteiger partial charge in [-0.15, -0.1) is 0 Å². The van der Waals surface area contributed by atoms with Gasteiger partial charge in [-0.25, -0.2) is 4.39 Å². The van der Waals surface area contributed by atoms with Crippen molar-refractivity contribution in [1.29, 1.82) is 0 Å². The zero-order valence-corrected chi connectivity index (χ0v) is 8.47. The van der Waals surface area contributed by atoms with Gasteiger partial charge in [0.2, 0.25) is 0 Å². The Morgan fingerprint density at radius 1 is 1.54 bits per heavy atom. The van der Waals surface area contributed by atoms with Crippen molar-refractivity contribution in [2.45, 2.75) is 6.42 Å². The van der Waals surface area contributed by atoms with Gasteiger partial charge in [0.25, 0.3) is 0 Å². The van der Waals surface area contributed by atoms with E-state index in [2.05, 4.69) is 15.9 Å². The first kappa shape index (κ1) is 10.2. The molecule has 70 valence electrons. The standard InChI is InChI=1S/C9H9BrFNO/c10-4-3-9(13)7-5-6(11)1-2-8(7)12/h1-2,5H,3-4,12H2. The lowest BCUT2D eigenvalue weighted by molar-refractivity contribution is 0.0990. The number of carbonyl (C=O) groups is 1. The summed E-state index contributed by atoms with van der Waals surface area (Å²) < 4.78 is 12.7. The van der Waals surface area contributed by atoms with E-state index in [0.29, 0.717) is 17.4 Å². The van der Waals surface area contributed by atoms with Gasteiger partial charge in [-0.2, -0.15) is 0 Å². The summed E-state index contributed by atoms with van der Waals surface area (Å²) in [5.41, 5.74) is 6.11. The summed E-state index contributed by atoms with van der Waals surface area (Å²) in [7, 11) is 0. The lowest BCUT2D eigenvalue weighted by atomic mass is 10.1. The fraction of sp³-hybridized carbons (Fsp3) is 0.222. The minimum Gasteiger partial charge on any atom is -0.398 e. The maximum absolute atomic E-state index is 12.7. The molecule has 0 unspecified atom stereocenters. The zero-order chi connectivity index (χ0) is 9.84. The number of nitrogens with two attached hydrogens (primary N) is 1. The van der Waals surface area contributed by atoms with E-state index >= 15 is 0 Å². The summed E-state index contributed by atoms with van der Waals surface area (Å²) in [5, 5.41) is 0.557. The molecule has 0 radical (unpaired) electrons. The van der Waals surface area contributed by atoms with Crippen LogP contribution >= 0.6 is 15.9 Å². The molecule has 1 aromatic carbocycles. The van der Waals surface area contributed by atoms with Crippen molar-refractivity contribution in [2.24, 2.45) is 0 Å². The predicted octanol–water partition coefficient (Wildman–Crippen LogP) is 2.38. The Bertz CT molecular complexity index is 327. The number of rotatable bonds is 3. The number of nitrogen functional groups attached to an aromatic ring is 1. The summed E-state index contributed by atoms with van der Waals surface area (Å²) in [4.78, 5) is 11.3. The fourth-order valence-corrected chi connectivity index (χ4v) is 1.35. The molecule has 0 bridgehead atoms. The molecule has 13 heavy (non-hydrogen) atoms. The van der Waals surface area contributed by atoms with Crippen LogP contribution < -0.4 is 5.73 Å². The highest BCUT2D eigenvalue weighted by atomic mass is 79.9. The van der Waals surface area contributed by atoms with Crippen molar-refractivity contribution in [3.8, 4) is 0 Å². The molecule has 0 aliphatic rings. The lowest BCUT2D eigenvalue weighted by Crippen LogP contribution is -2.04. The van der Waals surface area contributed by atoms with Crippen LogP contribution in [-0.2, 0) is 0 Å². The van der Waals surface area contributed by atoms with Gasteiger partial charge in [0.15, 0.2) is 5.78 Å². The molecule has 4 heteroatoms. The fourth-order valence-electron chi connectivity index (χ4n) is 0.990. The summed E-state index contributed by atoms with van der Waals surface area (Å²) >= 11 is 3.13. The first-order valence-corrected chi connectivity index (χ1v) is 4.91. The summed E-state index contributed by atoms with van der Waals surface area (Å²) in [6, 6.07) is 3.80. The first-order chi connectivity index (χ1) is 6.15. The number of Topliss-reactive ketones (excluding diaryl/α,β-unsaturated/α-hetero) is 1. The normalized spacial score (nSPS) is 10.0. The second kappa shape index (κ2) is 4.37. The molecule has 0 amide bonds. The molecule has 0 heterocycles. The SMILES string of the molecule is Nc1ccc(F)cc1C(=O)CCBr. The third kappa shape index (κ3) is 2.52. The number of anilines is 1. The van der Waals surface area contributed by atoms with E-state index in [1.807, 2.05) is 0 Å². The van der Waals surface area contributed by atoms with E-state index in [0.717, 1.165) is 0 Å². The Labute approximate surface area is 84.1 Å². The molecular formula is C9H9BrFNO. The van der Waals surface area contributed by atoms with Crippen LogP contribution in [0.2, 0.25) is 0 Å². The van der Waals surface area contributed by atoms with Crippen molar-refractivity contribution >= 4 is 27.4 Å². The predicted molar refractivity (Wildman–Crippen MR) is 53.6 cm³/mol. The van der Waals surface area contributed by atoms with Gasteiger partial charge in [0.05, 0.1) is 0 Å². The molecule has 1 aromatic rings. The van der Waals surface area contributed by atoms with E-state index in [-0.39, 0.29) is 11.3 Å². The van der Waals surface area contributed by atoms with E-state index in [1.165, 1.54) is 18.2 Å². The number of hydrogen-bond donors (Lipinski definition) is 1. The van der Waals surface area contributed by atoms with Crippen LogP contribution in [0, 0.1) is 5.82 Å².